The summed E-state index contributed by atoms with van der Waals surface area (Å²) in [5.41, 5.74) is 0.454. The summed E-state index contributed by atoms with van der Waals surface area (Å²) in [6.45, 7) is 8.83. The van der Waals surface area contributed by atoms with Crippen LogP contribution in [0.15, 0.2) is 11.6 Å². The van der Waals surface area contributed by atoms with Gasteiger partial charge in [-0.1, -0.05) is 19.4 Å². The molecule has 0 spiro atoms. The number of aliphatic hydroxyl groups excluding tert-OH is 1. The molecule has 4 rings (SSSR count). The number of rotatable bonds is 2. The molecule has 7 atom stereocenters. The quantitative estimate of drug-likeness (QED) is 0.741. The molecular formula is C23H34O4. The van der Waals surface area contributed by atoms with Crippen molar-refractivity contribution in [1.82, 2.24) is 0 Å². The highest BCUT2D eigenvalue weighted by atomic mass is 16.5. The largest absolute Gasteiger partial charge is 0.466 e. The zero-order valence-electron chi connectivity index (χ0n) is 17.2. The van der Waals surface area contributed by atoms with Gasteiger partial charge in [0.05, 0.1) is 18.1 Å². The number of ether oxygens (including phenoxy) is 1. The maximum atomic E-state index is 12.9. The summed E-state index contributed by atoms with van der Waals surface area (Å²) in [6.07, 6.45) is 7.42. The Morgan fingerprint density at radius 3 is 2.67 bits per heavy atom. The third-order valence-electron chi connectivity index (χ3n) is 9.23. The first-order valence-corrected chi connectivity index (χ1v) is 10.8. The van der Waals surface area contributed by atoms with E-state index in [0.717, 1.165) is 32.1 Å². The Hall–Kier alpha value is -1.16. The Labute approximate surface area is 162 Å². The lowest BCUT2D eigenvalue weighted by Gasteiger charge is -2.60. The van der Waals surface area contributed by atoms with Crippen molar-refractivity contribution in [3.05, 3.63) is 11.6 Å². The number of carbonyl (C=O) groups excluding carboxylic acids is 2. The third-order valence-corrected chi connectivity index (χ3v) is 9.23. The second-order valence-corrected chi connectivity index (χ2v) is 10.2. The maximum absolute atomic E-state index is 12.9. The van der Waals surface area contributed by atoms with Gasteiger partial charge in [0.25, 0.3) is 0 Å². The summed E-state index contributed by atoms with van der Waals surface area (Å²) in [6, 6.07) is 0. The standard InChI is InChI=1S/C23H34O4/c1-5-27-20(26)22(3)11-9-17-16-7-6-14-12-15(24)8-10-21(14,2)19(16)18(25)13-23(17,22)4/h12,16-19,25H,5-11,13H2,1-4H3. The molecule has 4 nitrogen and oxygen atoms in total. The van der Waals surface area contributed by atoms with E-state index in [1.54, 1.807) is 0 Å². The Balaban J connectivity index is 1.71. The summed E-state index contributed by atoms with van der Waals surface area (Å²) in [5.74, 6) is 1.22. The van der Waals surface area contributed by atoms with Gasteiger partial charge in [-0.3, -0.25) is 9.59 Å². The van der Waals surface area contributed by atoms with Crippen molar-refractivity contribution in [1.29, 1.82) is 0 Å². The number of allylic oxidation sites excluding steroid dienone is 1. The summed E-state index contributed by atoms with van der Waals surface area (Å²) in [7, 11) is 0. The third kappa shape index (κ3) is 2.44. The first-order chi connectivity index (χ1) is 12.7. The van der Waals surface area contributed by atoms with Gasteiger partial charge in [0, 0.05) is 6.42 Å². The fourth-order valence-corrected chi connectivity index (χ4v) is 7.56. The van der Waals surface area contributed by atoms with Crippen LogP contribution in [0.3, 0.4) is 0 Å². The highest BCUT2D eigenvalue weighted by Gasteiger charge is 2.67. The average molecular weight is 375 g/mol. The number of fused-ring (bicyclic) bond motifs is 5. The molecule has 0 amide bonds. The molecule has 0 aromatic carbocycles. The van der Waals surface area contributed by atoms with E-state index in [2.05, 4.69) is 20.8 Å². The maximum Gasteiger partial charge on any atom is 0.312 e. The van der Waals surface area contributed by atoms with Crippen LogP contribution in [0.2, 0.25) is 0 Å². The molecule has 1 N–H and O–H groups in total. The van der Waals surface area contributed by atoms with Crippen LogP contribution in [0.1, 0.15) is 72.6 Å². The number of hydrogen-bond donors (Lipinski definition) is 1. The topological polar surface area (TPSA) is 63.6 Å². The van der Waals surface area contributed by atoms with Gasteiger partial charge in [-0.25, -0.2) is 0 Å². The van der Waals surface area contributed by atoms with Crippen LogP contribution in [0.4, 0.5) is 0 Å². The summed E-state index contributed by atoms with van der Waals surface area (Å²) in [5, 5.41) is 11.4. The normalized spacial score (nSPS) is 48.9. The molecule has 7 unspecified atom stereocenters. The number of hydrogen-bond acceptors (Lipinski definition) is 4. The van der Waals surface area contributed by atoms with Gasteiger partial charge in [-0.05, 0) is 87.0 Å². The van der Waals surface area contributed by atoms with Gasteiger partial charge < -0.3 is 9.84 Å². The van der Waals surface area contributed by atoms with E-state index >= 15 is 0 Å². The van der Waals surface area contributed by atoms with E-state index in [0.29, 0.717) is 31.3 Å². The van der Waals surface area contributed by atoms with Crippen molar-refractivity contribution in [2.24, 2.45) is 34.0 Å². The van der Waals surface area contributed by atoms with E-state index in [4.69, 9.17) is 4.74 Å². The minimum Gasteiger partial charge on any atom is -0.466 e. The van der Waals surface area contributed by atoms with Crippen molar-refractivity contribution in [3.8, 4) is 0 Å². The molecule has 3 fully saturated rings. The number of ketones is 1. The highest BCUT2D eigenvalue weighted by molar-refractivity contribution is 5.91. The van der Waals surface area contributed by atoms with Crippen LogP contribution in [0.5, 0.6) is 0 Å². The Kier molecular flexibility index (Phi) is 4.38. The lowest BCUT2D eigenvalue weighted by atomic mass is 9.44. The van der Waals surface area contributed by atoms with Gasteiger partial charge in [-0.15, -0.1) is 0 Å². The fourth-order valence-electron chi connectivity index (χ4n) is 7.56. The molecule has 3 saturated carbocycles. The highest BCUT2D eigenvalue weighted by Crippen LogP contribution is 2.69. The molecule has 4 heteroatoms. The Bertz CT molecular complexity index is 696. The minimum atomic E-state index is -0.515. The molecule has 27 heavy (non-hydrogen) atoms. The lowest BCUT2D eigenvalue weighted by molar-refractivity contribution is -0.177. The summed E-state index contributed by atoms with van der Waals surface area (Å²) < 4.78 is 5.46. The first kappa shape index (κ1) is 19.2. The van der Waals surface area contributed by atoms with Crippen LogP contribution < -0.4 is 0 Å². The van der Waals surface area contributed by atoms with E-state index in [1.165, 1.54) is 5.57 Å². The molecule has 0 aromatic rings. The molecule has 0 heterocycles. The lowest BCUT2D eigenvalue weighted by Crippen LogP contribution is -2.59. The summed E-state index contributed by atoms with van der Waals surface area (Å²) >= 11 is 0. The first-order valence-electron chi connectivity index (χ1n) is 10.8. The van der Waals surface area contributed by atoms with E-state index in [1.807, 2.05) is 13.0 Å². The summed E-state index contributed by atoms with van der Waals surface area (Å²) in [4.78, 5) is 24.8. The van der Waals surface area contributed by atoms with Gasteiger partial charge in [0.2, 0.25) is 0 Å². The Morgan fingerprint density at radius 2 is 1.96 bits per heavy atom. The van der Waals surface area contributed by atoms with Crippen molar-refractivity contribution >= 4 is 11.8 Å². The molecule has 4 aliphatic carbocycles. The molecule has 150 valence electrons. The molecule has 0 bridgehead atoms. The predicted octanol–water partition coefficient (Wildman–Crippen LogP) is 4.06. The smallest absolute Gasteiger partial charge is 0.312 e. The fraction of sp³-hybridized carbons (Fsp3) is 0.826. The SMILES string of the molecule is CCOC(=O)C1(C)CCC2C3CCC4=CC(=O)CCC4(C)C3C(O)CC21C. The predicted molar refractivity (Wildman–Crippen MR) is 103 cm³/mol. The molecular weight excluding hydrogens is 340 g/mol. The zero-order valence-corrected chi connectivity index (χ0v) is 17.2. The Morgan fingerprint density at radius 1 is 1.22 bits per heavy atom. The molecule has 0 aromatic heterocycles. The second-order valence-electron chi connectivity index (χ2n) is 10.2. The number of aliphatic hydroxyl groups is 1. The second kappa shape index (κ2) is 6.17. The van der Waals surface area contributed by atoms with Crippen LogP contribution in [0, 0.1) is 34.0 Å². The number of carbonyl (C=O) groups is 2. The van der Waals surface area contributed by atoms with Crippen molar-refractivity contribution in [2.45, 2.75) is 78.7 Å². The molecule has 0 aliphatic heterocycles. The van der Waals surface area contributed by atoms with Crippen molar-refractivity contribution in [2.75, 3.05) is 6.61 Å². The van der Waals surface area contributed by atoms with Gasteiger partial charge >= 0.3 is 5.97 Å². The monoisotopic (exact) mass is 374 g/mol. The van der Waals surface area contributed by atoms with Gasteiger partial charge in [0.1, 0.15) is 0 Å². The zero-order chi connectivity index (χ0) is 19.6. The van der Waals surface area contributed by atoms with Gasteiger partial charge in [-0.2, -0.15) is 0 Å². The van der Waals surface area contributed by atoms with Crippen LogP contribution >= 0.6 is 0 Å². The van der Waals surface area contributed by atoms with Crippen LogP contribution in [-0.4, -0.2) is 29.6 Å². The van der Waals surface area contributed by atoms with E-state index < -0.39 is 11.5 Å². The average Bonchev–Trinajstić information content (AvgIpc) is 2.87. The van der Waals surface area contributed by atoms with Crippen LogP contribution in [-0.2, 0) is 14.3 Å². The van der Waals surface area contributed by atoms with Crippen LogP contribution in [0.25, 0.3) is 0 Å². The van der Waals surface area contributed by atoms with Crippen molar-refractivity contribution < 1.29 is 19.4 Å². The molecule has 0 radical (unpaired) electrons. The molecule has 0 saturated heterocycles. The van der Waals surface area contributed by atoms with Gasteiger partial charge in [0.15, 0.2) is 5.78 Å². The minimum absolute atomic E-state index is 0.0690. The van der Waals surface area contributed by atoms with E-state index in [9.17, 15) is 14.7 Å². The van der Waals surface area contributed by atoms with Crippen molar-refractivity contribution in [3.63, 3.8) is 0 Å². The van der Waals surface area contributed by atoms with E-state index in [-0.39, 0.29) is 28.5 Å². The molecule has 4 aliphatic rings. The number of esters is 1.